The predicted octanol–water partition coefficient (Wildman–Crippen LogP) is 2.38. The Morgan fingerprint density at radius 3 is 2.64 bits per heavy atom. The number of ether oxygens (including phenoxy) is 2. The van der Waals surface area contributed by atoms with Gasteiger partial charge in [-0.25, -0.2) is 0 Å². The van der Waals surface area contributed by atoms with E-state index in [4.69, 9.17) is 9.47 Å². The van der Waals surface area contributed by atoms with Gasteiger partial charge in [-0.3, -0.25) is 0 Å². The number of hydrogen-bond donors (Lipinski definition) is 3. The molecule has 7 atom stereocenters. The zero-order valence-corrected chi connectivity index (χ0v) is 15.8. The molecule has 0 spiro atoms. The molecule has 1 saturated heterocycles. The van der Waals surface area contributed by atoms with Crippen LogP contribution >= 0.6 is 0 Å². The van der Waals surface area contributed by atoms with Gasteiger partial charge in [0.25, 0.3) is 0 Å². The number of fused-ring (bicyclic) bond motifs is 1. The van der Waals surface area contributed by atoms with E-state index in [1.54, 1.807) is 0 Å². The summed E-state index contributed by atoms with van der Waals surface area (Å²) < 4.78 is 11.6. The lowest BCUT2D eigenvalue weighted by atomic mass is 9.55. The average Bonchev–Trinajstić information content (AvgIpc) is 2.55. The van der Waals surface area contributed by atoms with E-state index in [9.17, 15) is 15.3 Å². The van der Waals surface area contributed by atoms with Crippen molar-refractivity contribution < 1.29 is 24.8 Å². The molecule has 5 nitrogen and oxygen atoms in total. The summed E-state index contributed by atoms with van der Waals surface area (Å²) in [6.07, 6.45) is 2.51. The van der Waals surface area contributed by atoms with Crippen LogP contribution in [0.15, 0.2) is 12.2 Å². The van der Waals surface area contributed by atoms with Crippen molar-refractivity contribution in [1.29, 1.82) is 0 Å². The Labute approximate surface area is 151 Å². The van der Waals surface area contributed by atoms with Gasteiger partial charge < -0.3 is 24.8 Å². The molecular formula is C20H34O5. The predicted molar refractivity (Wildman–Crippen MR) is 94.9 cm³/mol. The van der Waals surface area contributed by atoms with Crippen LogP contribution in [0.3, 0.4) is 0 Å². The van der Waals surface area contributed by atoms with Crippen LogP contribution in [0.25, 0.3) is 0 Å². The summed E-state index contributed by atoms with van der Waals surface area (Å²) in [7, 11) is 0. The van der Waals surface area contributed by atoms with Gasteiger partial charge in [-0.2, -0.15) is 0 Å². The minimum absolute atomic E-state index is 0.0266. The van der Waals surface area contributed by atoms with E-state index >= 15 is 0 Å². The van der Waals surface area contributed by atoms with Crippen LogP contribution in [-0.2, 0) is 9.47 Å². The fraction of sp³-hybridized carbons (Fsp3) is 0.900. The van der Waals surface area contributed by atoms with Crippen molar-refractivity contribution in [2.24, 2.45) is 17.3 Å². The highest BCUT2D eigenvalue weighted by Gasteiger charge is 2.48. The third kappa shape index (κ3) is 3.67. The maximum absolute atomic E-state index is 10.2. The van der Waals surface area contributed by atoms with E-state index in [1.165, 1.54) is 24.8 Å². The van der Waals surface area contributed by atoms with Gasteiger partial charge in [0, 0.05) is 0 Å². The number of rotatable bonds is 3. The van der Waals surface area contributed by atoms with Gasteiger partial charge in [-0.15, -0.1) is 0 Å². The summed E-state index contributed by atoms with van der Waals surface area (Å²) in [5.74, 6) is 0.882. The lowest BCUT2D eigenvalue weighted by molar-refractivity contribution is -0.305. The lowest BCUT2D eigenvalue weighted by Crippen LogP contribution is -2.56. The molecule has 0 aromatic heterocycles. The van der Waals surface area contributed by atoms with Crippen molar-refractivity contribution in [3.05, 3.63) is 12.2 Å². The lowest BCUT2D eigenvalue weighted by Gasteiger charge is -2.52. The van der Waals surface area contributed by atoms with Crippen LogP contribution in [0, 0.1) is 17.3 Å². The van der Waals surface area contributed by atoms with E-state index < -0.39 is 30.2 Å². The highest BCUT2D eigenvalue weighted by atomic mass is 16.7. The zero-order valence-electron chi connectivity index (χ0n) is 15.8. The molecule has 25 heavy (non-hydrogen) atoms. The molecule has 1 heterocycles. The summed E-state index contributed by atoms with van der Waals surface area (Å²) in [4.78, 5) is 0. The fourth-order valence-electron chi connectivity index (χ4n) is 5.13. The summed E-state index contributed by atoms with van der Waals surface area (Å²) >= 11 is 0. The second kappa shape index (κ2) is 6.93. The smallest absolute Gasteiger partial charge is 0.186 e. The Bertz CT molecular complexity index is 504. The van der Waals surface area contributed by atoms with Crippen molar-refractivity contribution >= 4 is 0 Å². The second-order valence-electron chi connectivity index (χ2n) is 9.16. The summed E-state index contributed by atoms with van der Waals surface area (Å²) in [6, 6.07) is 0. The molecule has 0 aromatic carbocycles. The van der Waals surface area contributed by atoms with Crippen molar-refractivity contribution in [1.82, 2.24) is 0 Å². The minimum atomic E-state index is -1.23. The van der Waals surface area contributed by atoms with E-state index in [0.717, 1.165) is 19.3 Å². The molecule has 1 unspecified atom stereocenters. The molecule has 5 heteroatoms. The van der Waals surface area contributed by atoms with Crippen molar-refractivity contribution in [2.45, 2.75) is 89.5 Å². The molecule has 1 aliphatic heterocycles. The largest absolute Gasteiger partial charge is 0.388 e. The summed E-state index contributed by atoms with van der Waals surface area (Å²) in [6.45, 7) is 10.8. The summed E-state index contributed by atoms with van der Waals surface area (Å²) in [5.41, 5.74) is 1.26. The molecular weight excluding hydrogens is 320 g/mol. The van der Waals surface area contributed by atoms with Gasteiger partial charge in [-0.1, -0.05) is 19.1 Å². The molecule has 2 saturated carbocycles. The van der Waals surface area contributed by atoms with Gasteiger partial charge in [0.2, 0.25) is 0 Å². The highest BCUT2D eigenvalue weighted by molar-refractivity contribution is 5.13. The van der Waals surface area contributed by atoms with Crippen molar-refractivity contribution in [2.75, 3.05) is 6.61 Å². The van der Waals surface area contributed by atoms with Crippen LogP contribution in [0.1, 0.15) is 59.3 Å². The molecule has 0 aromatic rings. The van der Waals surface area contributed by atoms with E-state index in [2.05, 4.69) is 13.5 Å². The van der Waals surface area contributed by atoms with Crippen molar-refractivity contribution in [3.8, 4) is 0 Å². The molecule has 2 aliphatic carbocycles. The van der Waals surface area contributed by atoms with Crippen molar-refractivity contribution in [3.63, 3.8) is 0 Å². The van der Waals surface area contributed by atoms with E-state index in [-0.39, 0.29) is 6.61 Å². The topological polar surface area (TPSA) is 79.2 Å². The first-order chi connectivity index (χ1) is 11.6. The van der Waals surface area contributed by atoms with Gasteiger partial charge in [0.1, 0.15) is 18.3 Å². The number of aliphatic hydroxyl groups is 3. The second-order valence-corrected chi connectivity index (χ2v) is 9.16. The molecule has 0 radical (unpaired) electrons. The molecule has 0 bridgehead atoms. The van der Waals surface area contributed by atoms with Crippen LogP contribution in [0.2, 0.25) is 0 Å². The Hall–Kier alpha value is -0.460. The molecule has 0 amide bonds. The maximum Gasteiger partial charge on any atom is 0.186 e. The van der Waals surface area contributed by atoms with Gasteiger partial charge in [0.15, 0.2) is 6.29 Å². The molecule has 3 rings (SSSR count). The number of allylic oxidation sites excluding steroid dienone is 1. The van der Waals surface area contributed by atoms with E-state index in [0.29, 0.717) is 17.3 Å². The third-order valence-corrected chi connectivity index (χ3v) is 7.02. The van der Waals surface area contributed by atoms with E-state index in [1.807, 2.05) is 13.8 Å². The third-order valence-electron chi connectivity index (χ3n) is 7.02. The Morgan fingerprint density at radius 1 is 1.20 bits per heavy atom. The molecule has 144 valence electrons. The fourth-order valence-corrected chi connectivity index (χ4v) is 5.13. The molecule has 3 N–H and O–H groups in total. The number of aliphatic hydroxyl groups excluding tert-OH is 3. The van der Waals surface area contributed by atoms with Crippen LogP contribution in [0.5, 0.6) is 0 Å². The van der Waals surface area contributed by atoms with Gasteiger partial charge >= 0.3 is 0 Å². The SMILES string of the molecule is C=C1CCC[C@]2(C)CC[C@@H](C(C)(C)O[C@H]3OC[C@H](O)[C@H](O)[C@H]3O)CC12. The Kier molecular flexibility index (Phi) is 5.35. The number of hydrogen-bond acceptors (Lipinski definition) is 5. The monoisotopic (exact) mass is 354 g/mol. The molecule has 3 fully saturated rings. The standard InChI is InChI=1S/C20H34O5/c1-12-6-5-8-20(4)9-7-13(10-14(12)20)19(2,3)25-18-17(23)16(22)15(21)11-24-18/h13-18,21-23H,1,5-11H2,2-4H3/t13-,14?,15+,16+,17-,18-,20-/m1/s1. The quantitative estimate of drug-likeness (QED) is 0.678. The van der Waals surface area contributed by atoms with Crippen LogP contribution in [0.4, 0.5) is 0 Å². The molecule has 3 aliphatic rings. The Morgan fingerprint density at radius 2 is 1.92 bits per heavy atom. The maximum atomic E-state index is 10.2. The first-order valence-corrected chi connectivity index (χ1v) is 9.65. The minimum Gasteiger partial charge on any atom is -0.388 e. The first-order valence-electron chi connectivity index (χ1n) is 9.65. The average molecular weight is 354 g/mol. The first kappa shape index (κ1) is 19.3. The Balaban J connectivity index is 1.67. The van der Waals surface area contributed by atoms with Gasteiger partial charge in [-0.05, 0) is 69.6 Å². The zero-order chi connectivity index (χ0) is 18.4. The van der Waals surface area contributed by atoms with Crippen LogP contribution < -0.4 is 0 Å². The normalized spacial score (nSPS) is 45.9. The summed E-state index contributed by atoms with van der Waals surface area (Å²) in [5, 5.41) is 29.6. The van der Waals surface area contributed by atoms with Crippen LogP contribution in [-0.4, -0.2) is 52.1 Å². The van der Waals surface area contributed by atoms with Gasteiger partial charge in [0.05, 0.1) is 12.2 Å². The highest BCUT2D eigenvalue weighted by Crippen LogP contribution is 2.55.